The number of primary amides is 1. The highest BCUT2D eigenvalue weighted by Gasteiger charge is 2.69. The third-order valence-electron chi connectivity index (χ3n) is 7.36. The molecule has 8 atom stereocenters. The molecule has 10 heteroatoms. The van der Waals surface area contributed by atoms with Crippen LogP contribution in [0, 0.1) is 17.8 Å². The van der Waals surface area contributed by atoms with Crippen LogP contribution in [0.25, 0.3) is 0 Å². The number of carbonyl (C=O) groups is 3. The second-order valence-corrected chi connectivity index (χ2v) is 9.12. The van der Waals surface area contributed by atoms with E-state index in [0.717, 1.165) is 0 Å². The molecule has 1 aromatic carbocycles. The fourth-order valence-corrected chi connectivity index (χ4v) is 5.94. The number of aromatic hydroxyl groups is 1. The van der Waals surface area contributed by atoms with E-state index in [1.807, 2.05) is 0 Å². The van der Waals surface area contributed by atoms with Crippen molar-refractivity contribution in [3.05, 3.63) is 40.7 Å². The molecule has 3 aliphatic rings. The van der Waals surface area contributed by atoms with Crippen LogP contribution in [0.15, 0.2) is 29.5 Å². The molecule has 0 saturated heterocycles. The lowest BCUT2D eigenvalue weighted by Crippen LogP contribution is -2.74. The van der Waals surface area contributed by atoms with Crippen LogP contribution >= 0.6 is 0 Å². The number of carbonyl (C=O) groups excluding carboxylic acids is 3. The van der Waals surface area contributed by atoms with Gasteiger partial charge in [-0.05, 0) is 31.6 Å². The Morgan fingerprint density at radius 2 is 1.75 bits per heavy atom. The summed E-state index contributed by atoms with van der Waals surface area (Å²) in [6.45, 7) is 1.69. The van der Waals surface area contributed by atoms with Crippen molar-refractivity contribution in [1.82, 2.24) is 4.90 Å². The zero-order chi connectivity index (χ0) is 23.9. The molecule has 32 heavy (non-hydrogen) atoms. The van der Waals surface area contributed by atoms with Gasteiger partial charge in [-0.2, -0.15) is 0 Å². The first-order valence-electron chi connectivity index (χ1n) is 10.3. The van der Waals surface area contributed by atoms with Crippen LogP contribution in [0.2, 0.25) is 0 Å². The van der Waals surface area contributed by atoms with Gasteiger partial charge in [0.1, 0.15) is 17.4 Å². The van der Waals surface area contributed by atoms with Crippen molar-refractivity contribution < 1.29 is 39.9 Å². The van der Waals surface area contributed by atoms with E-state index < -0.39 is 76.3 Å². The standard InChI is InChI=1S/C22H26N2O8/c1-7-8-5-4-6-9(25)11(8)16(26)12-10(7)17(27)14-15(24(2)3)18(28)13(21(23)31)20(30)22(14,32)19(12)29/h4-7,10,13-15,17-18,25,27-29,32H,1-3H3,(H2,23,31)/t7-,10?,13?,14?,15-,17-,18?,22-/m0/s1. The summed E-state index contributed by atoms with van der Waals surface area (Å²) in [5.41, 5.74) is 2.44. The molecule has 1 aromatic rings. The first-order valence-corrected chi connectivity index (χ1v) is 10.3. The Kier molecular flexibility index (Phi) is 4.98. The summed E-state index contributed by atoms with van der Waals surface area (Å²) in [7, 11) is 3.04. The predicted octanol–water partition coefficient (Wildman–Crippen LogP) is -1.18. The molecule has 4 rings (SSSR count). The van der Waals surface area contributed by atoms with E-state index in [9.17, 15) is 39.9 Å². The number of likely N-dealkylation sites (N-methyl/N-ethyl adjacent to an activating group) is 1. The zero-order valence-corrected chi connectivity index (χ0v) is 17.8. The van der Waals surface area contributed by atoms with Crippen LogP contribution in [-0.4, -0.2) is 85.9 Å². The molecule has 3 aliphatic carbocycles. The number of Topliss-reactive ketones (excluding diaryl/α,β-unsaturated/α-hetero) is 2. The predicted molar refractivity (Wildman–Crippen MR) is 110 cm³/mol. The summed E-state index contributed by atoms with van der Waals surface area (Å²) < 4.78 is 0. The Labute approximate surface area is 183 Å². The third kappa shape index (κ3) is 2.57. The number of rotatable bonds is 2. The van der Waals surface area contributed by atoms with E-state index in [4.69, 9.17) is 5.73 Å². The number of ketones is 2. The van der Waals surface area contributed by atoms with Crippen molar-refractivity contribution in [3.63, 3.8) is 0 Å². The van der Waals surface area contributed by atoms with Crippen LogP contribution in [0.3, 0.4) is 0 Å². The number of hydrogen-bond donors (Lipinski definition) is 6. The maximum Gasteiger partial charge on any atom is 0.230 e. The molecule has 0 heterocycles. The van der Waals surface area contributed by atoms with Gasteiger partial charge in [0.05, 0.1) is 17.8 Å². The summed E-state index contributed by atoms with van der Waals surface area (Å²) in [6, 6.07) is 3.31. The van der Waals surface area contributed by atoms with Gasteiger partial charge in [-0.25, -0.2) is 0 Å². The molecule has 1 saturated carbocycles. The molecule has 0 radical (unpaired) electrons. The number of hydrogen-bond acceptors (Lipinski definition) is 9. The van der Waals surface area contributed by atoms with E-state index in [0.29, 0.717) is 5.56 Å². The Balaban J connectivity index is 2.03. The first kappa shape index (κ1) is 22.4. The average Bonchev–Trinajstić information content (AvgIpc) is 2.70. The second-order valence-electron chi connectivity index (χ2n) is 9.12. The maximum absolute atomic E-state index is 13.3. The molecular formula is C22H26N2O8. The van der Waals surface area contributed by atoms with Crippen LogP contribution in [0.4, 0.5) is 0 Å². The molecule has 0 bridgehead atoms. The van der Waals surface area contributed by atoms with Crippen LogP contribution in [0.5, 0.6) is 5.75 Å². The Bertz CT molecular complexity index is 1070. The quantitative estimate of drug-likeness (QED) is 0.305. The highest BCUT2D eigenvalue weighted by molar-refractivity contribution is 6.15. The lowest BCUT2D eigenvalue weighted by molar-refractivity contribution is -0.194. The number of aliphatic hydroxyl groups excluding tert-OH is 3. The van der Waals surface area contributed by atoms with Gasteiger partial charge in [0.25, 0.3) is 0 Å². The van der Waals surface area contributed by atoms with Gasteiger partial charge in [0.15, 0.2) is 17.2 Å². The Hall–Kier alpha value is -2.79. The second kappa shape index (κ2) is 7.11. The number of phenols is 1. The van der Waals surface area contributed by atoms with Gasteiger partial charge in [-0.15, -0.1) is 0 Å². The van der Waals surface area contributed by atoms with Gasteiger partial charge in [-0.3, -0.25) is 14.4 Å². The molecule has 172 valence electrons. The number of aliphatic hydroxyl groups is 4. The monoisotopic (exact) mass is 446 g/mol. The first-order chi connectivity index (χ1) is 14.9. The molecule has 1 amide bonds. The molecule has 0 aliphatic heterocycles. The normalized spacial score (nSPS) is 38.9. The summed E-state index contributed by atoms with van der Waals surface area (Å²) in [5, 5.41) is 55.2. The molecule has 0 spiro atoms. The lowest BCUT2D eigenvalue weighted by atomic mass is 9.53. The zero-order valence-electron chi connectivity index (χ0n) is 17.8. The maximum atomic E-state index is 13.3. The summed E-state index contributed by atoms with van der Waals surface area (Å²) in [6.07, 6.45) is -3.21. The minimum Gasteiger partial charge on any atom is -0.508 e. The van der Waals surface area contributed by atoms with E-state index in [1.54, 1.807) is 19.1 Å². The largest absolute Gasteiger partial charge is 0.508 e. The van der Waals surface area contributed by atoms with Gasteiger partial charge in [-0.1, -0.05) is 19.1 Å². The van der Waals surface area contributed by atoms with Crippen molar-refractivity contribution in [2.75, 3.05) is 14.1 Å². The van der Waals surface area contributed by atoms with Gasteiger partial charge < -0.3 is 36.2 Å². The summed E-state index contributed by atoms with van der Waals surface area (Å²) in [4.78, 5) is 40.0. The Morgan fingerprint density at radius 3 is 2.31 bits per heavy atom. The Morgan fingerprint density at radius 1 is 1.12 bits per heavy atom. The van der Waals surface area contributed by atoms with Gasteiger partial charge in [0, 0.05) is 23.5 Å². The van der Waals surface area contributed by atoms with E-state index in [1.165, 1.54) is 25.1 Å². The topological polar surface area (TPSA) is 182 Å². The number of amides is 1. The number of benzene rings is 1. The highest BCUT2D eigenvalue weighted by atomic mass is 16.4. The van der Waals surface area contributed by atoms with Crippen molar-refractivity contribution in [3.8, 4) is 5.75 Å². The summed E-state index contributed by atoms with van der Waals surface area (Å²) in [5.74, 6) is -9.60. The van der Waals surface area contributed by atoms with E-state index in [-0.39, 0.29) is 11.3 Å². The summed E-state index contributed by atoms with van der Waals surface area (Å²) >= 11 is 0. The third-order valence-corrected chi connectivity index (χ3v) is 7.36. The molecule has 0 aromatic heterocycles. The van der Waals surface area contributed by atoms with Crippen molar-refractivity contribution >= 4 is 17.5 Å². The van der Waals surface area contributed by atoms with Crippen molar-refractivity contribution in [2.24, 2.45) is 23.5 Å². The van der Waals surface area contributed by atoms with Gasteiger partial charge in [0.2, 0.25) is 5.91 Å². The van der Waals surface area contributed by atoms with Crippen LogP contribution in [-0.2, 0) is 9.59 Å². The highest BCUT2D eigenvalue weighted by Crippen LogP contribution is 2.55. The van der Waals surface area contributed by atoms with Crippen molar-refractivity contribution in [2.45, 2.75) is 36.7 Å². The fraction of sp³-hybridized carbons (Fsp3) is 0.500. The number of phenolic OH excluding ortho intramolecular Hbond substituents is 1. The molecule has 10 nitrogen and oxygen atoms in total. The molecule has 7 N–H and O–H groups in total. The smallest absolute Gasteiger partial charge is 0.230 e. The minimum absolute atomic E-state index is 0.0917. The van der Waals surface area contributed by atoms with Gasteiger partial charge >= 0.3 is 0 Å². The number of fused-ring (bicyclic) bond motifs is 3. The molecular weight excluding hydrogens is 420 g/mol. The van der Waals surface area contributed by atoms with E-state index >= 15 is 0 Å². The van der Waals surface area contributed by atoms with Crippen LogP contribution < -0.4 is 5.73 Å². The average molecular weight is 446 g/mol. The molecule has 1 fully saturated rings. The molecule has 4 unspecified atom stereocenters. The number of nitrogens with zero attached hydrogens (tertiary/aromatic N) is 1. The van der Waals surface area contributed by atoms with E-state index in [2.05, 4.69) is 0 Å². The van der Waals surface area contributed by atoms with Crippen molar-refractivity contribution in [1.29, 1.82) is 0 Å². The SMILES string of the molecule is C[C@H]1c2cccc(O)c2C(=O)C2=C(O)[C@]3(O)C(=O)C(C(N)=O)C(O)[C@@H](N(C)C)C3[C@@H](O)C21. The van der Waals surface area contributed by atoms with Crippen LogP contribution in [0.1, 0.15) is 28.8 Å². The fourth-order valence-electron chi connectivity index (χ4n) is 5.94. The number of nitrogens with two attached hydrogens (primary N) is 1. The minimum atomic E-state index is -2.84. The lowest BCUT2D eigenvalue weighted by Gasteiger charge is -2.56.